The van der Waals surface area contributed by atoms with Gasteiger partial charge in [-0.3, -0.25) is 4.79 Å². The second-order valence-electron chi connectivity index (χ2n) is 2.67. The minimum Gasteiger partial charge on any atom is -0.324 e. The van der Waals surface area contributed by atoms with Crippen LogP contribution in [0.15, 0.2) is 18.2 Å². The van der Waals surface area contributed by atoms with Crippen LogP contribution in [0.4, 0.5) is 5.69 Å². The Kier molecular flexibility index (Phi) is 1.56. The van der Waals surface area contributed by atoms with E-state index in [1.54, 1.807) is 18.2 Å². The molecule has 4 heteroatoms. The molecular formula is C8H7ClN2O. The van der Waals surface area contributed by atoms with Crippen LogP contribution in [0, 0.1) is 0 Å². The van der Waals surface area contributed by atoms with Gasteiger partial charge in [0, 0.05) is 16.3 Å². The van der Waals surface area contributed by atoms with Crippen molar-refractivity contribution in [1.29, 1.82) is 0 Å². The Morgan fingerprint density at radius 3 is 2.92 bits per heavy atom. The second-order valence-corrected chi connectivity index (χ2v) is 3.08. The van der Waals surface area contributed by atoms with Crippen LogP contribution in [-0.2, 0) is 4.79 Å². The van der Waals surface area contributed by atoms with E-state index in [0.717, 1.165) is 5.69 Å². The number of nitrogens with two attached hydrogens (primary N) is 1. The topological polar surface area (TPSA) is 55.1 Å². The van der Waals surface area contributed by atoms with Crippen LogP contribution in [-0.4, -0.2) is 5.91 Å². The van der Waals surface area contributed by atoms with E-state index < -0.39 is 6.04 Å². The summed E-state index contributed by atoms with van der Waals surface area (Å²) in [5.41, 5.74) is 7.01. The van der Waals surface area contributed by atoms with Crippen molar-refractivity contribution in [3.8, 4) is 0 Å². The van der Waals surface area contributed by atoms with Crippen molar-refractivity contribution in [3.63, 3.8) is 0 Å². The standard InChI is InChI=1S/C8H7ClN2O/c9-4-2-1-3-5-6(4)7(10)8(12)11-5/h1-3,7H,10H2,(H,11,12). The first kappa shape index (κ1) is 7.58. The SMILES string of the molecule is NC1C(=O)Nc2cccc(Cl)c21. The highest BCUT2D eigenvalue weighted by molar-refractivity contribution is 6.32. The summed E-state index contributed by atoms with van der Waals surface area (Å²) in [5, 5.41) is 3.18. The Bertz CT molecular complexity index is 351. The number of fused-ring (bicyclic) bond motifs is 1. The number of rotatable bonds is 0. The van der Waals surface area contributed by atoms with Gasteiger partial charge in [0.05, 0.1) is 0 Å². The number of nitrogens with one attached hydrogen (secondary N) is 1. The monoisotopic (exact) mass is 182 g/mol. The third-order valence-corrected chi connectivity index (χ3v) is 2.23. The van der Waals surface area contributed by atoms with E-state index in [4.69, 9.17) is 17.3 Å². The van der Waals surface area contributed by atoms with Gasteiger partial charge in [-0.15, -0.1) is 0 Å². The first-order chi connectivity index (χ1) is 5.70. The van der Waals surface area contributed by atoms with Crippen molar-refractivity contribution in [2.75, 3.05) is 5.32 Å². The molecule has 1 amide bonds. The van der Waals surface area contributed by atoms with Crippen LogP contribution in [0.25, 0.3) is 0 Å². The Balaban J connectivity index is 2.62. The van der Waals surface area contributed by atoms with E-state index in [1.165, 1.54) is 0 Å². The normalized spacial score (nSPS) is 20.5. The molecule has 0 spiro atoms. The molecule has 1 unspecified atom stereocenters. The average Bonchev–Trinajstić information content (AvgIpc) is 2.29. The molecule has 0 bridgehead atoms. The highest BCUT2D eigenvalue weighted by Crippen LogP contribution is 2.34. The predicted octanol–water partition coefficient (Wildman–Crippen LogP) is 1.29. The number of halogens is 1. The van der Waals surface area contributed by atoms with Crippen molar-refractivity contribution in [1.82, 2.24) is 0 Å². The second kappa shape index (κ2) is 2.47. The number of amides is 1. The zero-order valence-corrected chi connectivity index (χ0v) is 6.93. The van der Waals surface area contributed by atoms with Gasteiger partial charge in [-0.05, 0) is 12.1 Å². The van der Waals surface area contributed by atoms with E-state index in [0.29, 0.717) is 10.6 Å². The third kappa shape index (κ3) is 0.906. The molecule has 1 heterocycles. The molecule has 1 atom stereocenters. The molecule has 1 aliphatic heterocycles. The number of hydrogen-bond acceptors (Lipinski definition) is 2. The molecule has 3 nitrogen and oxygen atoms in total. The maximum atomic E-state index is 11.1. The van der Waals surface area contributed by atoms with Gasteiger partial charge in [0.2, 0.25) is 5.91 Å². The number of carbonyl (C=O) groups is 1. The van der Waals surface area contributed by atoms with Crippen LogP contribution in [0.3, 0.4) is 0 Å². The quantitative estimate of drug-likeness (QED) is 0.635. The van der Waals surface area contributed by atoms with Gasteiger partial charge in [0.15, 0.2) is 0 Å². The molecule has 0 saturated heterocycles. The van der Waals surface area contributed by atoms with E-state index in [1.807, 2.05) is 0 Å². The highest BCUT2D eigenvalue weighted by Gasteiger charge is 2.28. The summed E-state index contributed by atoms with van der Waals surface area (Å²) in [6, 6.07) is 4.67. The molecule has 3 N–H and O–H groups in total. The Hall–Kier alpha value is -1.06. The molecule has 0 radical (unpaired) electrons. The molecule has 1 aromatic rings. The van der Waals surface area contributed by atoms with E-state index in [9.17, 15) is 4.79 Å². The van der Waals surface area contributed by atoms with Gasteiger partial charge in [0.25, 0.3) is 0 Å². The summed E-state index contributed by atoms with van der Waals surface area (Å²) in [6.45, 7) is 0. The Morgan fingerprint density at radius 1 is 1.50 bits per heavy atom. The van der Waals surface area contributed by atoms with Crippen molar-refractivity contribution in [2.45, 2.75) is 6.04 Å². The fourth-order valence-corrected chi connectivity index (χ4v) is 1.60. The van der Waals surface area contributed by atoms with E-state index in [-0.39, 0.29) is 5.91 Å². The number of hydrogen-bond donors (Lipinski definition) is 2. The summed E-state index contributed by atoms with van der Waals surface area (Å²) in [7, 11) is 0. The summed E-state index contributed by atoms with van der Waals surface area (Å²) in [6.07, 6.45) is 0. The van der Waals surface area contributed by atoms with Gasteiger partial charge in [-0.2, -0.15) is 0 Å². The first-order valence-corrected chi connectivity index (χ1v) is 3.93. The lowest BCUT2D eigenvalue weighted by Crippen LogP contribution is -2.19. The molecule has 2 rings (SSSR count). The molecule has 0 aromatic heterocycles. The first-order valence-electron chi connectivity index (χ1n) is 3.55. The van der Waals surface area contributed by atoms with Gasteiger partial charge in [-0.1, -0.05) is 17.7 Å². The summed E-state index contributed by atoms with van der Waals surface area (Å²) in [5.74, 6) is -0.196. The van der Waals surface area contributed by atoms with Gasteiger partial charge in [-0.25, -0.2) is 0 Å². The smallest absolute Gasteiger partial charge is 0.246 e. The fraction of sp³-hybridized carbons (Fsp3) is 0.125. The van der Waals surface area contributed by atoms with E-state index in [2.05, 4.69) is 5.32 Å². The number of benzene rings is 1. The molecule has 0 saturated carbocycles. The molecule has 0 fully saturated rings. The maximum Gasteiger partial charge on any atom is 0.246 e. The molecule has 1 aliphatic rings. The lowest BCUT2D eigenvalue weighted by molar-refractivity contribution is -0.116. The van der Waals surface area contributed by atoms with Crippen LogP contribution < -0.4 is 11.1 Å². The van der Waals surface area contributed by atoms with Crippen molar-refractivity contribution < 1.29 is 4.79 Å². The van der Waals surface area contributed by atoms with Gasteiger partial charge in [0.1, 0.15) is 6.04 Å². The zero-order chi connectivity index (χ0) is 8.72. The Labute approximate surface area is 74.5 Å². The molecule has 12 heavy (non-hydrogen) atoms. The van der Waals surface area contributed by atoms with Crippen molar-refractivity contribution in [3.05, 3.63) is 28.8 Å². The average molecular weight is 183 g/mol. The number of anilines is 1. The van der Waals surface area contributed by atoms with Gasteiger partial charge < -0.3 is 11.1 Å². The van der Waals surface area contributed by atoms with Crippen molar-refractivity contribution >= 4 is 23.2 Å². The molecular weight excluding hydrogens is 176 g/mol. The zero-order valence-electron chi connectivity index (χ0n) is 6.17. The maximum absolute atomic E-state index is 11.1. The van der Waals surface area contributed by atoms with Crippen LogP contribution in [0.2, 0.25) is 5.02 Å². The lowest BCUT2D eigenvalue weighted by atomic mass is 10.1. The lowest BCUT2D eigenvalue weighted by Gasteiger charge is -2.02. The number of carbonyl (C=O) groups excluding carboxylic acids is 1. The fourth-order valence-electron chi connectivity index (χ4n) is 1.30. The summed E-state index contributed by atoms with van der Waals surface area (Å²) < 4.78 is 0. The van der Waals surface area contributed by atoms with Crippen LogP contribution >= 0.6 is 11.6 Å². The van der Waals surface area contributed by atoms with E-state index >= 15 is 0 Å². The van der Waals surface area contributed by atoms with Gasteiger partial charge >= 0.3 is 0 Å². The third-order valence-electron chi connectivity index (χ3n) is 1.90. The highest BCUT2D eigenvalue weighted by atomic mass is 35.5. The van der Waals surface area contributed by atoms with Crippen LogP contribution in [0.5, 0.6) is 0 Å². The predicted molar refractivity (Wildman–Crippen MR) is 47.0 cm³/mol. The minimum absolute atomic E-state index is 0.196. The minimum atomic E-state index is -0.617. The molecule has 62 valence electrons. The van der Waals surface area contributed by atoms with Crippen molar-refractivity contribution in [2.24, 2.45) is 5.73 Å². The largest absolute Gasteiger partial charge is 0.324 e. The Morgan fingerprint density at radius 2 is 2.25 bits per heavy atom. The molecule has 1 aromatic carbocycles. The summed E-state index contributed by atoms with van der Waals surface area (Å²) >= 11 is 5.86. The summed E-state index contributed by atoms with van der Waals surface area (Å²) in [4.78, 5) is 11.1. The molecule has 0 aliphatic carbocycles. The van der Waals surface area contributed by atoms with Crippen LogP contribution in [0.1, 0.15) is 11.6 Å².